The zero-order valence-electron chi connectivity index (χ0n) is 12.9. The number of para-hydroxylation sites is 1. The Morgan fingerprint density at radius 2 is 2.04 bits per heavy atom. The van der Waals surface area contributed by atoms with Gasteiger partial charge in [-0.25, -0.2) is 4.99 Å². The van der Waals surface area contributed by atoms with E-state index in [9.17, 15) is 10.1 Å². The second-order valence-electron chi connectivity index (χ2n) is 5.12. The minimum Gasteiger partial charge on any atom is -0.370 e. The van der Waals surface area contributed by atoms with E-state index in [0.29, 0.717) is 15.6 Å². The number of nitrogens with zero attached hydrogens (tertiary/aromatic N) is 2. The van der Waals surface area contributed by atoms with Gasteiger partial charge in [0.1, 0.15) is 0 Å². The van der Waals surface area contributed by atoms with E-state index in [-0.39, 0.29) is 24.2 Å². The molecule has 0 amide bonds. The van der Waals surface area contributed by atoms with Crippen molar-refractivity contribution in [1.82, 2.24) is 5.32 Å². The largest absolute Gasteiger partial charge is 0.370 e. The van der Waals surface area contributed by atoms with Crippen molar-refractivity contribution in [2.75, 3.05) is 0 Å². The first-order valence-electron chi connectivity index (χ1n) is 7.12. The van der Waals surface area contributed by atoms with E-state index in [1.165, 1.54) is 6.07 Å². The molecule has 2 aromatic rings. The lowest BCUT2D eigenvalue weighted by Crippen LogP contribution is -2.34. The molecule has 0 radical (unpaired) electrons. The summed E-state index contributed by atoms with van der Waals surface area (Å²) >= 11 is 12.0. The van der Waals surface area contributed by atoms with Crippen LogP contribution in [0.4, 0.5) is 5.69 Å². The fourth-order valence-corrected chi connectivity index (χ4v) is 2.76. The summed E-state index contributed by atoms with van der Waals surface area (Å²) in [6, 6.07) is 11.4. The maximum atomic E-state index is 11.0. The van der Waals surface area contributed by atoms with Crippen LogP contribution in [0.5, 0.6) is 0 Å². The van der Waals surface area contributed by atoms with E-state index in [0.717, 1.165) is 5.56 Å². The summed E-state index contributed by atoms with van der Waals surface area (Å²) < 4.78 is 0. The van der Waals surface area contributed by atoms with Crippen molar-refractivity contribution in [2.24, 2.45) is 10.7 Å². The number of nitrogens with two attached hydrogens (primary N) is 1. The number of halogens is 2. The fraction of sp³-hybridized carbons (Fsp3) is 0.188. The molecule has 2 rings (SSSR count). The maximum absolute atomic E-state index is 11.0. The predicted molar refractivity (Wildman–Crippen MR) is 96.4 cm³/mol. The van der Waals surface area contributed by atoms with Crippen LogP contribution in [0.15, 0.2) is 47.5 Å². The van der Waals surface area contributed by atoms with E-state index < -0.39 is 4.92 Å². The zero-order chi connectivity index (χ0) is 17.7. The first-order chi connectivity index (χ1) is 11.4. The number of rotatable bonds is 5. The normalized spacial score (nSPS) is 12.7. The SMILES string of the molecule is CC(NC(N)=NCc1ccccc1[N+](=O)[O-])c1ccc(Cl)cc1Cl. The summed E-state index contributed by atoms with van der Waals surface area (Å²) in [6.45, 7) is 1.99. The Morgan fingerprint density at radius 3 is 2.71 bits per heavy atom. The smallest absolute Gasteiger partial charge is 0.274 e. The first-order valence-corrected chi connectivity index (χ1v) is 7.87. The molecule has 0 spiro atoms. The van der Waals surface area contributed by atoms with Gasteiger partial charge in [-0.1, -0.05) is 47.5 Å². The highest BCUT2D eigenvalue weighted by molar-refractivity contribution is 6.35. The van der Waals surface area contributed by atoms with Crippen LogP contribution in [-0.4, -0.2) is 10.9 Å². The van der Waals surface area contributed by atoms with Crippen LogP contribution < -0.4 is 11.1 Å². The highest BCUT2D eigenvalue weighted by atomic mass is 35.5. The van der Waals surface area contributed by atoms with Crippen molar-refractivity contribution in [1.29, 1.82) is 0 Å². The molecule has 6 nitrogen and oxygen atoms in total. The van der Waals surface area contributed by atoms with Gasteiger partial charge in [-0.05, 0) is 24.6 Å². The topological polar surface area (TPSA) is 93.5 Å². The fourth-order valence-electron chi connectivity index (χ4n) is 2.19. The molecule has 0 aliphatic carbocycles. The molecule has 0 heterocycles. The first kappa shape index (κ1) is 18.0. The van der Waals surface area contributed by atoms with E-state index in [1.54, 1.807) is 36.4 Å². The molecule has 1 atom stereocenters. The second kappa shape index (κ2) is 7.99. The molecular formula is C16H16Cl2N4O2. The molecule has 0 saturated carbocycles. The maximum Gasteiger partial charge on any atom is 0.274 e. The quantitative estimate of drug-likeness (QED) is 0.361. The summed E-state index contributed by atoms with van der Waals surface area (Å²) in [5.41, 5.74) is 7.20. The number of nitrogens with one attached hydrogen (secondary N) is 1. The summed E-state index contributed by atoms with van der Waals surface area (Å²) in [5.74, 6) is 0.173. The van der Waals surface area contributed by atoms with Gasteiger partial charge in [-0.3, -0.25) is 10.1 Å². The number of hydrogen-bond acceptors (Lipinski definition) is 3. The Labute approximate surface area is 149 Å². The van der Waals surface area contributed by atoms with Gasteiger partial charge in [0.05, 0.1) is 23.1 Å². The Balaban J connectivity index is 2.08. The van der Waals surface area contributed by atoms with Gasteiger partial charge in [-0.15, -0.1) is 0 Å². The van der Waals surface area contributed by atoms with E-state index in [1.807, 2.05) is 6.92 Å². The van der Waals surface area contributed by atoms with Crippen LogP contribution in [0.25, 0.3) is 0 Å². The number of guanidine groups is 1. The van der Waals surface area contributed by atoms with E-state index in [4.69, 9.17) is 28.9 Å². The molecule has 0 fully saturated rings. The number of aliphatic imine (C=N–C) groups is 1. The Kier molecular flexibility index (Phi) is 6.00. The lowest BCUT2D eigenvalue weighted by molar-refractivity contribution is -0.385. The van der Waals surface area contributed by atoms with Gasteiger partial charge in [0.15, 0.2) is 5.96 Å². The van der Waals surface area contributed by atoms with Gasteiger partial charge in [0.25, 0.3) is 5.69 Å². The average Bonchev–Trinajstić information content (AvgIpc) is 2.52. The third-order valence-corrected chi connectivity index (χ3v) is 3.96. The van der Waals surface area contributed by atoms with Gasteiger partial charge >= 0.3 is 0 Å². The molecular weight excluding hydrogens is 351 g/mol. The number of hydrogen-bond donors (Lipinski definition) is 2. The lowest BCUT2D eigenvalue weighted by atomic mass is 10.1. The molecule has 126 valence electrons. The number of benzene rings is 2. The molecule has 1 unspecified atom stereocenters. The zero-order valence-corrected chi connectivity index (χ0v) is 14.4. The van der Waals surface area contributed by atoms with Crippen LogP contribution in [0, 0.1) is 10.1 Å². The van der Waals surface area contributed by atoms with Crippen molar-refractivity contribution in [3.8, 4) is 0 Å². The average molecular weight is 367 g/mol. The van der Waals surface area contributed by atoms with Crippen molar-refractivity contribution in [2.45, 2.75) is 19.5 Å². The highest BCUT2D eigenvalue weighted by Gasteiger charge is 2.13. The standard InChI is InChI=1S/C16H16Cl2N4O2/c1-10(13-7-6-12(17)8-14(13)18)21-16(19)20-9-11-4-2-3-5-15(11)22(23)24/h2-8,10H,9H2,1H3,(H3,19,20,21). The van der Waals surface area contributed by atoms with Crippen molar-refractivity contribution >= 4 is 34.8 Å². The minimum atomic E-state index is -0.440. The summed E-state index contributed by atoms with van der Waals surface area (Å²) in [7, 11) is 0. The van der Waals surface area contributed by atoms with Crippen molar-refractivity contribution < 1.29 is 4.92 Å². The van der Waals surface area contributed by atoms with E-state index in [2.05, 4.69) is 10.3 Å². The Morgan fingerprint density at radius 1 is 1.33 bits per heavy atom. The molecule has 8 heteroatoms. The van der Waals surface area contributed by atoms with Crippen LogP contribution in [-0.2, 0) is 6.54 Å². The molecule has 2 aromatic carbocycles. The molecule has 0 aliphatic rings. The molecule has 3 N–H and O–H groups in total. The van der Waals surface area contributed by atoms with Gasteiger partial charge < -0.3 is 11.1 Å². The van der Waals surface area contributed by atoms with Crippen LogP contribution in [0.1, 0.15) is 24.1 Å². The lowest BCUT2D eigenvalue weighted by Gasteiger charge is -2.16. The highest BCUT2D eigenvalue weighted by Crippen LogP contribution is 2.26. The molecule has 24 heavy (non-hydrogen) atoms. The van der Waals surface area contributed by atoms with Crippen LogP contribution in [0.3, 0.4) is 0 Å². The monoisotopic (exact) mass is 366 g/mol. The van der Waals surface area contributed by atoms with Gasteiger partial charge in [0, 0.05) is 16.1 Å². The molecule has 0 aromatic heterocycles. The predicted octanol–water partition coefficient (Wildman–Crippen LogP) is 4.07. The Hall–Kier alpha value is -2.31. The minimum absolute atomic E-state index is 0.0165. The van der Waals surface area contributed by atoms with Gasteiger partial charge in [-0.2, -0.15) is 0 Å². The van der Waals surface area contributed by atoms with E-state index >= 15 is 0 Å². The summed E-state index contributed by atoms with van der Waals surface area (Å²) in [6.07, 6.45) is 0. The van der Waals surface area contributed by atoms with Crippen molar-refractivity contribution in [3.63, 3.8) is 0 Å². The number of nitro groups is 1. The number of nitro benzene ring substituents is 1. The Bertz CT molecular complexity index is 780. The third-order valence-electron chi connectivity index (χ3n) is 3.40. The van der Waals surface area contributed by atoms with Gasteiger partial charge in [0.2, 0.25) is 0 Å². The summed E-state index contributed by atoms with van der Waals surface area (Å²) in [5, 5.41) is 15.1. The molecule has 0 aliphatic heterocycles. The second-order valence-corrected chi connectivity index (χ2v) is 5.96. The third kappa shape index (κ3) is 4.59. The van der Waals surface area contributed by atoms with Crippen molar-refractivity contribution in [3.05, 3.63) is 73.8 Å². The van der Waals surface area contributed by atoms with Crippen LogP contribution in [0.2, 0.25) is 10.0 Å². The molecule has 0 bridgehead atoms. The van der Waals surface area contributed by atoms with Crippen LogP contribution >= 0.6 is 23.2 Å². The molecule has 0 saturated heterocycles. The summed E-state index contributed by atoms with van der Waals surface area (Å²) in [4.78, 5) is 14.7.